The molecule has 6 heteroatoms. The quantitative estimate of drug-likeness (QED) is 0.847. The van der Waals surface area contributed by atoms with Gasteiger partial charge in [-0.25, -0.2) is 4.98 Å². The zero-order valence-electron chi connectivity index (χ0n) is 11.8. The predicted octanol–water partition coefficient (Wildman–Crippen LogP) is 1.79. The largest absolute Gasteiger partial charge is 0.389 e. The summed E-state index contributed by atoms with van der Waals surface area (Å²) in [5.74, 6) is -0.196. The minimum absolute atomic E-state index is 0.184. The Kier molecular flexibility index (Phi) is 5.86. The molecular formula is C15H18N2O3S. The van der Waals surface area contributed by atoms with Gasteiger partial charge in [-0.1, -0.05) is 30.3 Å². The van der Waals surface area contributed by atoms with Crippen LogP contribution in [-0.4, -0.2) is 47.2 Å². The van der Waals surface area contributed by atoms with Gasteiger partial charge in [-0.05, 0) is 5.56 Å². The molecule has 0 aliphatic rings. The highest BCUT2D eigenvalue weighted by Gasteiger charge is 2.16. The molecule has 0 spiro atoms. The van der Waals surface area contributed by atoms with Crippen molar-refractivity contribution in [2.24, 2.45) is 0 Å². The number of amides is 1. The van der Waals surface area contributed by atoms with E-state index in [1.165, 1.54) is 16.2 Å². The van der Waals surface area contributed by atoms with E-state index in [4.69, 9.17) is 4.74 Å². The van der Waals surface area contributed by atoms with Crippen molar-refractivity contribution in [1.29, 1.82) is 0 Å². The standard InChI is InChI=1S/C15H18N2O3S/c1-17(15(19)14-10-21-11-16-14)7-13(18)9-20-8-12-5-3-2-4-6-12/h2-6,10-11,13,18H,7-9H2,1H3. The fraction of sp³-hybridized carbons (Fsp3) is 0.333. The number of hydrogen-bond donors (Lipinski definition) is 1. The molecule has 5 nitrogen and oxygen atoms in total. The van der Waals surface area contributed by atoms with Crippen molar-refractivity contribution in [2.75, 3.05) is 20.2 Å². The van der Waals surface area contributed by atoms with Gasteiger partial charge in [-0.15, -0.1) is 11.3 Å². The number of ether oxygens (including phenoxy) is 1. The summed E-state index contributed by atoms with van der Waals surface area (Å²) >= 11 is 1.37. The molecule has 0 aliphatic heterocycles. The van der Waals surface area contributed by atoms with E-state index < -0.39 is 6.10 Å². The minimum Gasteiger partial charge on any atom is -0.389 e. The average Bonchev–Trinajstić information content (AvgIpc) is 3.01. The van der Waals surface area contributed by atoms with Gasteiger partial charge in [0.15, 0.2) is 0 Å². The molecule has 21 heavy (non-hydrogen) atoms. The second-order valence-electron chi connectivity index (χ2n) is 4.71. The number of aliphatic hydroxyl groups excluding tert-OH is 1. The first kappa shape index (κ1) is 15.6. The van der Waals surface area contributed by atoms with Crippen molar-refractivity contribution in [3.05, 3.63) is 52.5 Å². The zero-order chi connectivity index (χ0) is 15.1. The summed E-state index contributed by atoms with van der Waals surface area (Å²) in [6.45, 7) is 0.844. The molecule has 1 atom stereocenters. The number of nitrogens with zero attached hydrogens (tertiary/aromatic N) is 2. The molecule has 1 amide bonds. The van der Waals surface area contributed by atoms with Crippen molar-refractivity contribution in [3.8, 4) is 0 Å². The van der Waals surface area contributed by atoms with Crippen LogP contribution in [0.25, 0.3) is 0 Å². The first-order valence-electron chi connectivity index (χ1n) is 6.60. The van der Waals surface area contributed by atoms with Gasteiger partial charge in [-0.3, -0.25) is 4.79 Å². The third-order valence-electron chi connectivity index (χ3n) is 2.90. The Balaban J connectivity index is 1.71. The summed E-state index contributed by atoms with van der Waals surface area (Å²) in [6.07, 6.45) is -0.721. The third-order valence-corrected chi connectivity index (χ3v) is 3.49. The molecule has 1 aromatic carbocycles. The average molecular weight is 306 g/mol. The van der Waals surface area contributed by atoms with Gasteiger partial charge in [0, 0.05) is 19.0 Å². The molecule has 1 N–H and O–H groups in total. The smallest absolute Gasteiger partial charge is 0.273 e. The van der Waals surface area contributed by atoms with Crippen LogP contribution in [0, 0.1) is 0 Å². The molecule has 0 saturated carbocycles. The summed E-state index contributed by atoms with van der Waals surface area (Å²) in [7, 11) is 1.64. The van der Waals surface area contributed by atoms with Gasteiger partial charge in [0.05, 0.1) is 24.8 Å². The third kappa shape index (κ3) is 4.93. The van der Waals surface area contributed by atoms with Gasteiger partial charge < -0.3 is 14.7 Å². The predicted molar refractivity (Wildman–Crippen MR) is 81.2 cm³/mol. The fourth-order valence-corrected chi connectivity index (χ4v) is 2.38. The van der Waals surface area contributed by atoms with Gasteiger partial charge in [0.2, 0.25) is 0 Å². The number of thiazole rings is 1. The van der Waals surface area contributed by atoms with Crippen LogP contribution in [0.5, 0.6) is 0 Å². The van der Waals surface area contributed by atoms with Crippen LogP contribution in [0.4, 0.5) is 0 Å². The van der Waals surface area contributed by atoms with Gasteiger partial charge in [-0.2, -0.15) is 0 Å². The fourth-order valence-electron chi connectivity index (χ4n) is 1.85. The van der Waals surface area contributed by atoms with E-state index in [0.29, 0.717) is 12.3 Å². The molecule has 112 valence electrons. The Hall–Kier alpha value is -1.76. The van der Waals surface area contributed by atoms with E-state index >= 15 is 0 Å². The monoisotopic (exact) mass is 306 g/mol. The normalized spacial score (nSPS) is 12.1. The Morgan fingerprint density at radius 1 is 1.43 bits per heavy atom. The number of benzene rings is 1. The topological polar surface area (TPSA) is 62.7 Å². The number of aliphatic hydroxyl groups is 1. The maximum absolute atomic E-state index is 12.0. The van der Waals surface area contributed by atoms with Crippen molar-refractivity contribution in [2.45, 2.75) is 12.7 Å². The summed E-state index contributed by atoms with van der Waals surface area (Å²) in [5.41, 5.74) is 3.07. The molecule has 1 unspecified atom stereocenters. The second-order valence-corrected chi connectivity index (χ2v) is 5.43. The maximum Gasteiger partial charge on any atom is 0.273 e. The highest BCUT2D eigenvalue weighted by Crippen LogP contribution is 2.06. The summed E-state index contributed by atoms with van der Waals surface area (Å²) in [4.78, 5) is 17.4. The molecule has 0 radical (unpaired) electrons. The lowest BCUT2D eigenvalue weighted by atomic mass is 10.2. The first-order chi connectivity index (χ1) is 10.2. The molecule has 1 heterocycles. The molecule has 2 aromatic rings. The molecule has 0 saturated heterocycles. The van der Waals surface area contributed by atoms with Crippen LogP contribution in [0.1, 0.15) is 16.1 Å². The molecule has 1 aromatic heterocycles. The molecular weight excluding hydrogens is 288 g/mol. The van der Waals surface area contributed by atoms with Crippen LogP contribution >= 0.6 is 11.3 Å². The van der Waals surface area contributed by atoms with E-state index in [1.54, 1.807) is 17.9 Å². The molecule has 0 aliphatic carbocycles. The molecule has 0 bridgehead atoms. The van der Waals surface area contributed by atoms with E-state index in [0.717, 1.165) is 5.56 Å². The number of hydrogen-bond acceptors (Lipinski definition) is 5. The Morgan fingerprint density at radius 3 is 2.86 bits per heavy atom. The van der Waals surface area contributed by atoms with Gasteiger partial charge in [0.25, 0.3) is 5.91 Å². The lowest BCUT2D eigenvalue weighted by molar-refractivity contribution is 0.0136. The van der Waals surface area contributed by atoms with Crippen LogP contribution in [-0.2, 0) is 11.3 Å². The van der Waals surface area contributed by atoms with Crippen molar-refractivity contribution < 1.29 is 14.6 Å². The summed E-state index contributed by atoms with van der Waals surface area (Å²) in [5, 5.41) is 11.6. The lowest BCUT2D eigenvalue weighted by Crippen LogP contribution is -2.36. The number of aromatic nitrogens is 1. The highest BCUT2D eigenvalue weighted by atomic mass is 32.1. The second kappa shape index (κ2) is 7.87. The number of rotatable bonds is 7. The van der Waals surface area contributed by atoms with E-state index in [2.05, 4.69) is 4.98 Å². The van der Waals surface area contributed by atoms with E-state index in [-0.39, 0.29) is 19.1 Å². The van der Waals surface area contributed by atoms with Crippen LogP contribution in [0.3, 0.4) is 0 Å². The lowest BCUT2D eigenvalue weighted by Gasteiger charge is -2.20. The number of likely N-dealkylation sites (N-methyl/N-ethyl adjacent to an activating group) is 1. The van der Waals surface area contributed by atoms with Crippen LogP contribution in [0.2, 0.25) is 0 Å². The molecule has 2 rings (SSSR count). The first-order valence-corrected chi connectivity index (χ1v) is 7.54. The van der Waals surface area contributed by atoms with Crippen LogP contribution in [0.15, 0.2) is 41.2 Å². The van der Waals surface area contributed by atoms with E-state index in [9.17, 15) is 9.90 Å². The van der Waals surface area contributed by atoms with Crippen molar-refractivity contribution in [3.63, 3.8) is 0 Å². The van der Waals surface area contributed by atoms with Gasteiger partial charge >= 0.3 is 0 Å². The van der Waals surface area contributed by atoms with Gasteiger partial charge in [0.1, 0.15) is 5.69 Å². The Morgan fingerprint density at radius 2 is 2.19 bits per heavy atom. The minimum atomic E-state index is -0.721. The zero-order valence-corrected chi connectivity index (χ0v) is 12.6. The summed E-state index contributed by atoms with van der Waals surface area (Å²) in [6, 6.07) is 9.75. The Bertz CT molecular complexity index is 545. The molecule has 0 fully saturated rings. The van der Waals surface area contributed by atoms with Crippen LogP contribution < -0.4 is 0 Å². The Labute approximate surface area is 127 Å². The van der Waals surface area contributed by atoms with Crippen molar-refractivity contribution >= 4 is 17.2 Å². The number of carbonyl (C=O) groups excluding carboxylic acids is 1. The SMILES string of the molecule is CN(CC(O)COCc1ccccc1)C(=O)c1cscn1. The van der Waals surface area contributed by atoms with E-state index in [1.807, 2.05) is 30.3 Å². The summed E-state index contributed by atoms with van der Waals surface area (Å²) < 4.78 is 5.45. The number of carbonyl (C=O) groups is 1. The van der Waals surface area contributed by atoms with Crippen molar-refractivity contribution in [1.82, 2.24) is 9.88 Å². The highest BCUT2D eigenvalue weighted by molar-refractivity contribution is 7.07. The maximum atomic E-state index is 12.0.